The third-order valence-corrected chi connectivity index (χ3v) is 4.22. The minimum atomic E-state index is -2.06. The summed E-state index contributed by atoms with van der Waals surface area (Å²) in [5, 5.41) is 3.20. The van der Waals surface area contributed by atoms with Crippen molar-refractivity contribution in [2.24, 2.45) is 0 Å². The van der Waals surface area contributed by atoms with Gasteiger partial charge in [-0.2, -0.15) is 0 Å². The van der Waals surface area contributed by atoms with Gasteiger partial charge in [-0.1, -0.05) is 12.1 Å². The fourth-order valence-electron chi connectivity index (χ4n) is 2.62. The monoisotopic (exact) mass is 387 g/mol. The lowest BCUT2D eigenvalue weighted by molar-refractivity contribution is 0.413. The zero-order chi connectivity index (χ0) is 19.2. The number of ether oxygens (including phenoxy) is 1. The Morgan fingerprint density at radius 3 is 2.81 bits per heavy atom. The Bertz CT molecular complexity index is 968. The first-order valence-electron chi connectivity index (χ1n) is 8.05. The summed E-state index contributed by atoms with van der Waals surface area (Å²) < 4.78 is 40.7. The van der Waals surface area contributed by atoms with Gasteiger partial charge in [0.25, 0.3) is 0 Å². The van der Waals surface area contributed by atoms with Gasteiger partial charge >= 0.3 is 0 Å². The summed E-state index contributed by atoms with van der Waals surface area (Å²) >= 11 is -2.06. The van der Waals surface area contributed by atoms with Crippen LogP contribution in [0.5, 0.6) is 5.75 Å². The molecular formula is C19H18FN3O3S. The van der Waals surface area contributed by atoms with E-state index in [1.165, 1.54) is 19.2 Å². The van der Waals surface area contributed by atoms with E-state index in [-0.39, 0.29) is 12.4 Å². The Labute approximate surface area is 158 Å². The molecule has 0 amide bonds. The van der Waals surface area contributed by atoms with Gasteiger partial charge in [-0.3, -0.25) is 4.55 Å². The van der Waals surface area contributed by atoms with Crippen molar-refractivity contribution in [3.63, 3.8) is 0 Å². The summed E-state index contributed by atoms with van der Waals surface area (Å²) in [4.78, 5) is 4.31. The number of hydrogen-bond donors (Lipinski definition) is 3. The molecule has 3 rings (SSSR count). The van der Waals surface area contributed by atoms with Gasteiger partial charge in [0.05, 0.1) is 7.11 Å². The summed E-state index contributed by atoms with van der Waals surface area (Å²) in [6, 6.07) is 15.4. The molecule has 8 heteroatoms. The molecule has 0 saturated carbocycles. The summed E-state index contributed by atoms with van der Waals surface area (Å²) in [6.07, 6.45) is 1.65. The molecule has 1 unspecified atom stereocenters. The van der Waals surface area contributed by atoms with Gasteiger partial charge < -0.3 is 10.1 Å². The van der Waals surface area contributed by atoms with Crippen molar-refractivity contribution in [2.45, 2.75) is 6.54 Å². The standard InChI is InChI=1S/C19H18FN3O3S/c1-26-18-11-15(20)5-6-17(18)14-7-8-21-19(10-14)23-16-4-2-3-13(9-16)12-22-27(24)25/h2-11,22H,12H2,1H3,(H,21,23)(H,24,25). The number of halogens is 1. The van der Waals surface area contributed by atoms with Crippen LogP contribution in [0.15, 0.2) is 60.8 Å². The van der Waals surface area contributed by atoms with Crippen LogP contribution in [0.4, 0.5) is 15.9 Å². The van der Waals surface area contributed by atoms with Crippen LogP contribution < -0.4 is 14.8 Å². The molecule has 0 aliphatic heterocycles. The second kappa shape index (κ2) is 8.72. The molecule has 0 saturated heterocycles. The molecule has 1 atom stereocenters. The molecule has 6 nitrogen and oxygen atoms in total. The highest BCUT2D eigenvalue weighted by Gasteiger charge is 2.09. The van der Waals surface area contributed by atoms with Crippen molar-refractivity contribution in [2.75, 3.05) is 12.4 Å². The van der Waals surface area contributed by atoms with Gasteiger partial charge in [0.15, 0.2) is 0 Å². The van der Waals surface area contributed by atoms with Crippen LogP contribution in [-0.4, -0.2) is 20.9 Å². The van der Waals surface area contributed by atoms with Crippen molar-refractivity contribution >= 4 is 22.8 Å². The molecule has 1 aromatic heterocycles. The van der Waals surface area contributed by atoms with Gasteiger partial charge in [0.2, 0.25) is 11.3 Å². The van der Waals surface area contributed by atoms with E-state index < -0.39 is 11.3 Å². The largest absolute Gasteiger partial charge is 0.496 e. The van der Waals surface area contributed by atoms with E-state index in [2.05, 4.69) is 15.0 Å². The molecule has 0 radical (unpaired) electrons. The zero-order valence-electron chi connectivity index (χ0n) is 14.5. The minimum Gasteiger partial charge on any atom is -0.496 e. The second-order valence-corrected chi connectivity index (χ2v) is 6.46. The van der Waals surface area contributed by atoms with Gasteiger partial charge in [0, 0.05) is 30.1 Å². The molecule has 1 heterocycles. The SMILES string of the molecule is COc1cc(F)ccc1-c1ccnc(Nc2cccc(CNS(=O)O)c2)c1. The quantitative estimate of drug-likeness (QED) is 0.536. The summed E-state index contributed by atoms with van der Waals surface area (Å²) in [5.74, 6) is 0.684. The lowest BCUT2D eigenvalue weighted by atomic mass is 10.1. The van der Waals surface area contributed by atoms with E-state index in [4.69, 9.17) is 9.29 Å². The third-order valence-electron chi connectivity index (χ3n) is 3.83. The van der Waals surface area contributed by atoms with Gasteiger partial charge in [-0.15, -0.1) is 0 Å². The summed E-state index contributed by atoms with van der Waals surface area (Å²) in [6.45, 7) is 0.263. The van der Waals surface area contributed by atoms with Crippen LogP contribution in [0.3, 0.4) is 0 Å². The first kappa shape index (κ1) is 19.0. The van der Waals surface area contributed by atoms with Crippen molar-refractivity contribution in [1.82, 2.24) is 9.71 Å². The number of benzene rings is 2. The van der Waals surface area contributed by atoms with Gasteiger partial charge in [0.1, 0.15) is 17.4 Å². The van der Waals surface area contributed by atoms with Crippen LogP contribution in [0.2, 0.25) is 0 Å². The van der Waals surface area contributed by atoms with E-state index in [1.54, 1.807) is 12.3 Å². The Morgan fingerprint density at radius 1 is 1.19 bits per heavy atom. The van der Waals surface area contributed by atoms with Crippen LogP contribution in [-0.2, 0) is 17.8 Å². The molecule has 0 fully saturated rings. The Balaban J connectivity index is 1.83. The molecule has 27 heavy (non-hydrogen) atoms. The zero-order valence-corrected chi connectivity index (χ0v) is 15.3. The van der Waals surface area contributed by atoms with E-state index in [9.17, 15) is 8.60 Å². The second-order valence-electron chi connectivity index (χ2n) is 5.67. The first-order chi connectivity index (χ1) is 13.0. The Morgan fingerprint density at radius 2 is 2.04 bits per heavy atom. The topological polar surface area (TPSA) is 83.5 Å². The van der Waals surface area contributed by atoms with Crippen LogP contribution in [0.1, 0.15) is 5.56 Å². The molecular weight excluding hydrogens is 369 g/mol. The fraction of sp³-hybridized carbons (Fsp3) is 0.105. The maximum atomic E-state index is 13.4. The normalized spacial score (nSPS) is 11.8. The first-order valence-corrected chi connectivity index (χ1v) is 9.16. The van der Waals surface area contributed by atoms with Crippen LogP contribution in [0, 0.1) is 5.82 Å². The third kappa shape index (κ3) is 5.10. The van der Waals surface area contributed by atoms with E-state index >= 15 is 0 Å². The average molecular weight is 387 g/mol. The molecule has 0 aliphatic carbocycles. The summed E-state index contributed by atoms with van der Waals surface area (Å²) in [7, 11) is 1.50. The number of nitrogens with zero attached hydrogens (tertiary/aromatic N) is 1. The lowest BCUT2D eigenvalue weighted by Crippen LogP contribution is -2.15. The van der Waals surface area contributed by atoms with Gasteiger partial charge in [-0.25, -0.2) is 18.3 Å². The highest BCUT2D eigenvalue weighted by atomic mass is 32.2. The average Bonchev–Trinajstić information content (AvgIpc) is 2.67. The predicted octanol–water partition coefficient (Wildman–Crippen LogP) is 3.87. The number of rotatable bonds is 7. The minimum absolute atomic E-state index is 0.263. The van der Waals surface area contributed by atoms with E-state index in [0.717, 1.165) is 22.4 Å². The highest BCUT2D eigenvalue weighted by molar-refractivity contribution is 7.77. The molecule has 3 aromatic rings. The number of pyridine rings is 1. The predicted molar refractivity (Wildman–Crippen MR) is 104 cm³/mol. The Kier molecular flexibility index (Phi) is 6.12. The number of hydrogen-bond acceptors (Lipinski definition) is 4. The van der Waals surface area contributed by atoms with Crippen molar-refractivity contribution in [3.8, 4) is 16.9 Å². The van der Waals surface area contributed by atoms with Crippen LogP contribution >= 0.6 is 0 Å². The van der Waals surface area contributed by atoms with Gasteiger partial charge in [-0.05, 0) is 47.5 Å². The molecule has 0 bridgehead atoms. The molecule has 2 aromatic carbocycles. The highest BCUT2D eigenvalue weighted by Crippen LogP contribution is 2.31. The molecule has 0 spiro atoms. The Hall–Kier alpha value is -2.81. The lowest BCUT2D eigenvalue weighted by Gasteiger charge is -2.11. The molecule has 140 valence electrons. The maximum Gasteiger partial charge on any atom is 0.232 e. The number of aromatic nitrogens is 1. The molecule has 0 aliphatic rings. The van der Waals surface area contributed by atoms with Crippen molar-refractivity contribution in [1.29, 1.82) is 0 Å². The smallest absolute Gasteiger partial charge is 0.232 e. The number of methoxy groups -OCH3 is 1. The van der Waals surface area contributed by atoms with Crippen LogP contribution in [0.25, 0.3) is 11.1 Å². The molecule has 3 N–H and O–H groups in total. The fourth-order valence-corrected chi connectivity index (χ4v) is 2.91. The van der Waals surface area contributed by atoms with Crippen molar-refractivity contribution < 1.29 is 17.9 Å². The van der Waals surface area contributed by atoms with Crippen molar-refractivity contribution in [3.05, 3.63) is 72.2 Å². The van der Waals surface area contributed by atoms with E-state index in [1.807, 2.05) is 36.4 Å². The number of nitrogens with one attached hydrogen (secondary N) is 2. The van der Waals surface area contributed by atoms with E-state index in [0.29, 0.717) is 11.6 Å². The maximum absolute atomic E-state index is 13.4. The summed E-state index contributed by atoms with van der Waals surface area (Å²) in [5.41, 5.74) is 3.22. The number of anilines is 2.